The summed E-state index contributed by atoms with van der Waals surface area (Å²) in [6.45, 7) is 5.45. The van der Waals surface area contributed by atoms with Crippen LogP contribution in [-0.4, -0.2) is 93.8 Å². The van der Waals surface area contributed by atoms with Crippen molar-refractivity contribution in [3.8, 4) is 33.6 Å². The number of nitrogens with one attached hydrogen (secondary N) is 4. The molecule has 0 spiro atoms. The molecule has 4 aromatic carbocycles. The second-order valence-corrected chi connectivity index (χ2v) is 17.5. The van der Waals surface area contributed by atoms with Gasteiger partial charge in [-0.05, 0) is 101 Å². The monoisotopic (exact) mass is 848 g/mol. The fourth-order valence-corrected chi connectivity index (χ4v) is 9.88. The van der Waals surface area contributed by atoms with Gasteiger partial charge < -0.3 is 34.6 Å². The summed E-state index contributed by atoms with van der Waals surface area (Å²) in [6, 6.07) is 28.6. The maximum absolute atomic E-state index is 14.3. The largest absolute Gasteiger partial charge is 0.453 e. The molecule has 2 aliphatic heterocycles. The third-order valence-corrected chi connectivity index (χ3v) is 13.2. The number of alkyl carbamates (subject to hydrolysis) is 1. The van der Waals surface area contributed by atoms with Gasteiger partial charge >= 0.3 is 6.09 Å². The number of imidazole rings is 2. The normalized spacial score (nSPS) is 18.6. The molecule has 326 valence electrons. The standard InChI is InChI=1S/C50H56N8O5/c1-30(2)44(56-50(61)63-4)48(59)57-21-7-11-42(57)47-52-28-41(55-47)38-20-19-36-23-35(17-18-37(36)24-38)31-13-15-32(16-14-31)40-27-51-46(54-40)43-12-8-22-58(43)49(60)45(53-29-62-3)39-25-33-9-5-6-10-34(33)26-39/h5-6,9-10,13-20,23-24,27-28,30,39,42-45,53H,7-8,11-12,21-22,25-26,29H2,1-4H3,(H,51,54)(H,52,55)(H,56,61)/t42-,43-,44-,45-/m0/s1. The zero-order valence-electron chi connectivity index (χ0n) is 36.4. The van der Waals surface area contributed by atoms with Gasteiger partial charge in [-0.2, -0.15) is 0 Å². The Morgan fingerprint density at radius 3 is 1.84 bits per heavy atom. The predicted molar refractivity (Wildman–Crippen MR) is 242 cm³/mol. The number of amides is 3. The molecule has 2 aromatic heterocycles. The van der Waals surface area contributed by atoms with Crippen molar-refractivity contribution in [1.82, 2.24) is 40.4 Å². The molecule has 13 nitrogen and oxygen atoms in total. The average Bonchev–Trinajstić information content (AvgIpc) is 4.17. The molecule has 4 heterocycles. The number of aromatic nitrogens is 4. The first-order valence-corrected chi connectivity index (χ1v) is 22.2. The Morgan fingerprint density at radius 2 is 1.25 bits per heavy atom. The van der Waals surface area contributed by atoms with Crippen molar-refractivity contribution in [2.24, 2.45) is 11.8 Å². The summed E-state index contributed by atoms with van der Waals surface area (Å²) in [7, 11) is 2.95. The molecule has 3 aliphatic rings. The van der Waals surface area contributed by atoms with Crippen LogP contribution in [0.1, 0.15) is 74.4 Å². The van der Waals surface area contributed by atoms with E-state index in [2.05, 4.69) is 106 Å². The molecule has 4 N–H and O–H groups in total. The second kappa shape index (κ2) is 18.2. The lowest BCUT2D eigenvalue weighted by Gasteiger charge is -2.31. The lowest BCUT2D eigenvalue weighted by molar-refractivity contribution is -0.136. The molecule has 6 aromatic rings. The summed E-state index contributed by atoms with van der Waals surface area (Å²) in [5.41, 5.74) is 8.72. The fraction of sp³-hybridized carbons (Fsp3) is 0.380. The van der Waals surface area contributed by atoms with Crippen LogP contribution in [0.3, 0.4) is 0 Å². The molecular formula is C50H56N8O5. The highest BCUT2D eigenvalue weighted by molar-refractivity contribution is 5.91. The lowest BCUT2D eigenvalue weighted by atomic mass is 9.95. The van der Waals surface area contributed by atoms with Crippen molar-refractivity contribution in [2.75, 3.05) is 34.0 Å². The third-order valence-electron chi connectivity index (χ3n) is 13.2. The van der Waals surface area contributed by atoms with E-state index in [1.54, 1.807) is 7.11 Å². The van der Waals surface area contributed by atoms with Gasteiger partial charge in [0.05, 0.1) is 55.7 Å². The maximum atomic E-state index is 14.3. The molecule has 2 fully saturated rings. The van der Waals surface area contributed by atoms with Crippen LogP contribution in [0.2, 0.25) is 0 Å². The molecule has 1 aliphatic carbocycles. The van der Waals surface area contributed by atoms with Crippen molar-refractivity contribution >= 4 is 28.7 Å². The number of H-pyrrole nitrogens is 2. The lowest BCUT2D eigenvalue weighted by Crippen LogP contribution is -2.51. The topological polar surface area (TPSA) is 158 Å². The quantitative estimate of drug-likeness (QED) is 0.0853. The minimum absolute atomic E-state index is 0.100. The van der Waals surface area contributed by atoms with Gasteiger partial charge in [-0.3, -0.25) is 14.9 Å². The SMILES string of the molecule is COCN[C@H](C(=O)N1CCC[C@H]1c1ncc(-c2ccc(-c3ccc4cc(-c5cnc([C@@H]6CCCN6C(=O)[C@@H](NC(=O)OC)C(C)C)[nH]5)ccc4c3)cc2)[nH]1)C1Cc2ccccc2C1. The number of aromatic amines is 2. The highest BCUT2D eigenvalue weighted by Crippen LogP contribution is 2.37. The first-order chi connectivity index (χ1) is 30.7. The average molecular weight is 849 g/mol. The summed E-state index contributed by atoms with van der Waals surface area (Å²) in [5.74, 6) is 1.62. The molecule has 9 rings (SSSR count). The van der Waals surface area contributed by atoms with Crippen LogP contribution in [0.4, 0.5) is 4.79 Å². The predicted octanol–water partition coefficient (Wildman–Crippen LogP) is 7.97. The van der Waals surface area contributed by atoms with Crippen LogP contribution in [0, 0.1) is 11.8 Å². The maximum Gasteiger partial charge on any atom is 0.407 e. The second-order valence-electron chi connectivity index (χ2n) is 17.5. The molecular weight excluding hydrogens is 793 g/mol. The number of benzene rings is 4. The Balaban J connectivity index is 0.861. The van der Waals surface area contributed by atoms with Crippen LogP contribution < -0.4 is 10.6 Å². The summed E-state index contributed by atoms with van der Waals surface area (Å²) < 4.78 is 10.2. The van der Waals surface area contributed by atoms with E-state index >= 15 is 0 Å². The van der Waals surface area contributed by atoms with Crippen molar-refractivity contribution in [2.45, 2.75) is 76.5 Å². The van der Waals surface area contributed by atoms with Crippen molar-refractivity contribution in [3.63, 3.8) is 0 Å². The van der Waals surface area contributed by atoms with Crippen LogP contribution in [0.15, 0.2) is 97.3 Å². The fourth-order valence-electron chi connectivity index (χ4n) is 9.88. The van der Waals surface area contributed by atoms with Gasteiger partial charge in [0, 0.05) is 25.8 Å². The first kappa shape index (κ1) is 42.0. The molecule has 63 heavy (non-hydrogen) atoms. The number of carbonyl (C=O) groups is 3. The van der Waals surface area contributed by atoms with Crippen LogP contribution in [-0.2, 0) is 31.9 Å². The summed E-state index contributed by atoms with van der Waals surface area (Å²) in [4.78, 5) is 60.4. The first-order valence-electron chi connectivity index (χ1n) is 22.2. The van der Waals surface area contributed by atoms with Gasteiger partial charge in [-0.1, -0.05) is 86.6 Å². The number of fused-ring (bicyclic) bond motifs is 2. The Hall–Kier alpha value is -6.31. The highest BCUT2D eigenvalue weighted by atomic mass is 16.5. The summed E-state index contributed by atoms with van der Waals surface area (Å²) >= 11 is 0. The molecule has 0 bridgehead atoms. The van der Waals surface area contributed by atoms with Gasteiger partial charge in [0.2, 0.25) is 11.8 Å². The number of nitrogens with zero attached hydrogens (tertiary/aromatic N) is 4. The Kier molecular flexibility index (Phi) is 12.1. The molecule has 0 radical (unpaired) electrons. The van der Waals surface area contributed by atoms with Gasteiger partial charge in [-0.25, -0.2) is 14.8 Å². The van der Waals surface area contributed by atoms with E-state index < -0.39 is 12.1 Å². The van der Waals surface area contributed by atoms with Gasteiger partial charge in [-0.15, -0.1) is 0 Å². The van der Waals surface area contributed by atoms with Crippen molar-refractivity contribution in [1.29, 1.82) is 0 Å². The van der Waals surface area contributed by atoms with E-state index in [-0.39, 0.29) is 41.8 Å². The number of hydrogen-bond donors (Lipinski definition) is 4. The minimum Gasteiger partial charge on any atom is -0.453 e. The van der Waals surface area contributed by atoms with E-state index in [1.807, 2.05) is 36.0 Å². The van der Waals surface area contributed by atoms with Crippen molar-refractivity contribution < 1.29 is 23.9 Å². The van der Waals surface area contributed by atoms with E-state index in [1.165, 1.54) is 18.2 Å². The highest BCUT2D eigenvalue weighted by Gasteiger charge is 2.41. The Morgan fingerprint density at radius 1 is 0.714 bits per heavy atom. The molecule has 3 amide bonds. The third kappa shape index (κ3) is 8.59. The molecule has 13 heteroatoms. The molecule has 0 saturated carbocycles. The van der Waals surface area contributed by atoms with Crippen LogP contribution in [0.25, 0.3) is 44.4 Å². The van der Waals surface area contributed by atoms with E-state index in [9.17, 15) is 14.4 Å². The minimum atomic E-state index is -0.683. The Bertz CT molecular complexity index is 2580. The zero-order valence-corrected chi connectivity index (χ0v) is 36.4. The smallest absolute Gasteiger partial charge is 0.407 e. The Labute approximate surface area is 368 Å². The molecule has 2 saturated heterocycles. The molecule has 4 atom stereocenters. The van der Waals surface area contributed by atoms with E-state index in [0.29, 0.717) is 19.8 Å². The van der Waals surface area contributed by atoms with Crippen LogP contribution in [0.5, 0.6) is 0 Å². The van der Waals surface area contributed by atoms with Crippen LogP contribution >= 0.6 is 0 Å². The number of rotatable bonds is 13. The van der Waals surface area contributed by atoms with E-state index in [0.717, 1.165) is 94.6 Å². The number of hydrogen-bond acceptors (Lipinski definition) is 8. The summed E-state index contributed by atoms with van der Waals surface area (Å²) in [5, 5.41) is 8.36. The van der Waals surface area contributed by atoms with Gasteiger partial charge in [0.15, 0.2) is 0 Å². The summed E-state index contributed by atoms with van der Waals surface area (Å²) in [6.07, 6.45) is 8.30. The number of carbonyl (C=O) groups excluding carboxylic acids is 3. The van der Waals surface area contributed by atoms with Gasteiger partial charge in [0.1, 0.15) is 17.7 Å². The number of likely N-dealkylation sites (tertiary alicyclic amines) is 2. The zero-order chi connectivity index (χ0) is 43.6. The van der Waals surface area contributed by atoms with Crippen molar-refractivity contribution in [3.05, 3.63) is 120 Å². The molecule has 0 unspecified atom stereocenters. The number of ether oxygens (including phenoxy) is 2. The van der Waals surface area contributed by atoms with E-state index in [4.69, 9.17) is 19.4 Å². The van der Waals surface area contributed by atoms with Gasteiger partial charge in [0.25, 0.3) is 0 Å². The number of methoxy groups -OCH3 is 2.